The minimum atomic E-state index is -1.22. The van der Waals surface area contributed by atoms with Crippen LogP contribution in [0.25, 0.3) is 0 Å². The van der Waals surface area contributed by atoms with E-state index in [4.69, 9.17) is 24.1 Å². The molecule has 0 aliphatic rings. The Labute approximate surface area is 299 Å². The Hall–Kier alpha value is -4.28. The number of rotatable bonds is 21. The summed E-state index contributed by atoms with van der Waals surface area (Å²) in [5.41, 5.74) is -1.80. The van der Waals surface area contributed by atoms with E-state index < -0.39 is 84.9 Å². The summed E-state index contributed by atoms with van der Waals surface area (Å²) in [6, 6.07) is 5.72. The minimum Gasteiger partial charge on any atom is -0.482 e. The highest BCUT2D eigenvalue weighted by Crippen LogP contribution is 2.18. The largest absolute Gasteiger partial charge is 0.482 e. The number of aliphatic carboxylic acids is 3. The predicted octanol–water partition coefficient (Wildman–Crippen LogP) is 2.16. The van der Waals surface area contributed by atoms with Crippen molar-refractivity contribution in [3.05, 3.63) is 29.8 Å². The first-order valence-corrected chi connectivity index (χ1v) is 16.5. The number of carboxylic acid groups (broad SMARTS) is 3. The molecule has 0 bridgehead atoms. The molecule has 0 heterocycles. The molecule has 0 aliphatic carbocycles. The number of esters is 3. The topological polar surface area (TPSA) is 210 Å². The number of hydrogen-bond acceptors (Lipinski definition) is 13. The van der Waals surface area contributed by atoms with E-state index in [1.807, 2.05) is 0 Å². The zero-order chi connectivity index (χ0) is 39.2. The van der Waals surface area contributed by atoms with Crippen LogP contribution < -0.4 is 4.74 Å². The zero-order valence-corrected chi connectivity index (χ0v) is 31.2. The molecule has 0 aliphatic heterocycles. The number of nitrogens with zero attached hydrogens (tertiary/aromatic N) is 3. The number of carbonyl (C=O) groups is 6. The SMILES string of the molecule is CC(C)(C)OC(=O)CN(CCN(CC(=O)OC(C)(C)C)CC(Cc1ccc(OCC(=O)O)cc1)N(CC(=O)O)CC(=O)OC(C)(C)C)CC(=O)O. The van der Waals surface area contributed by atoms with Crippen molar-refractivity contribution in [3.63, 3.8) is 0 Å². The third kappa shape index (κ3) is 22.2. The number of ether oxygens (including phenoxy) is 4. The molecule has 0 fully saturated rings. The quantitative estimate of drug-likeness (QED) is 0.122. The van der Waals surface area contributed by atoms with Crippen molar-refractivity contribution in [1.29, 1.82) is 0 Å². The molecule has 1 aromatic rings. The second-order valence-corrected chi connectivity index (χ2v) is 15.1. The van der Waals surface area contributed by atoms with Crippen molar-refractivity contribution in [2.45, 2.75) is 91.6 Å². The molecule has 16 heteroatoms. The average Bonchev–Trinajstić information content (AvgIpc) is 2.91. The van der Waals surface area contributed by atoms with E-state index in [-0.39, 0.29) is 39.1 Å². The van der Waals surface area contributed by atoms with Crippen LogP contribution in [0.1, 0.15) is 67.9 Å². The van der Waals surface area contributed by atoms with E-state index in [1.165, 1.54) is 9.80 Å². The molecule has 1 atom stereocenters. The lowest BCUT2D eigenvalue weighted by molar-refractivity contribution is -0.159. The van der Waals surface area contributed by atoms with Crippen molar-refractivity contribution in [2.24, 2.45) is 0 Å². The Morgan fingerprint density at radius 3 is 1.45 bits per heavy atom. The molecule has 1 unspecified atom stereocenters. The molecule has 1 rings (SSSR count). The van der Waals surface area contributed by atoms with Gasteiger partial charge in [0, 0.05) is 25.7 Å². The van der Waals surface area contributed by atoms with Gasteiger partial charge in [0.15, 0.2) is 6.61 Å². The normalized spacial score (nSPS) is 12.8. The van der Waals surface area contributed by atoms with Crippen molar-refractivity contribution in [1.82, 2.24) is 14.7 Å². The molecule has 0 amide bonds. The summed E-state index contributed by atoms with van der Waals surface area (Å²) in [6.07, 6.45) is 0.164. The van der Waals surface area contributed by atoms with E-state index in [0.717, 1.165) is 0 Å². The lowest BCUT2D eigenvalue weighted by Crippen LogP contribution is -2.52. The summed E-state index contributed by atoms with van der Waals surface area (Å²) in [6.45, 7) is 12.6. The summed E-state index contributed by atoms with van der Waals surface area (Å²) in [4.78, 5) is 77.9. The Kier molecular flexibility index (Phi) is 17.5. The van der Waals surface area contributed by atoms with E-state index in [1.54, 1.807) is 91.5 Å². The van der Waals surface area contributed by atoms with Crippen molar-refractivity contribution < 1.29 is 63.0 Å². The monoisotopic (exact) mass is 725 g/mol. The minimum absolute atomic E-state index is 0.0000642. The highest BCUT2D eigenvalue weighted by Gasteiger charge is 2.30. The van der Waals surface area contributed by atoms with Crippen LogP contribution in [0.5, 0.6) is 5.75 Å². The first-order valence-electron chi connectivity index (χ1n) is 16.5. The van der Waals surface area contributed by atoms with E-state index in [0.29, 0.717) is 11.3 Å². The first kappa shape index (κ1) is 44.7. The van der Waals surface area contributed by atoms with Crippen molar-refractivity contribution >= 4 is 35.8 Å². The van der Waals surface area contributed by atoms with Gasteiger partial charge in [-0.05, 0) is 86.4 Å². The summed E-state index contributed by atoms with van der Waals surface area (Å²) in [7, 11) is 0. The molecular weight excluding hydrogens is 670 g/mol. The van der Waals surface area contributed by atoms with Gasteiger partial charge in [-0.25, -0.2) is 4.79 Å². The summed E-state index contributed by atoms with van der Waals surface area (Å²) >= 11 is 0. The van der Waals surface area contributed by atoms with Crippen molar-refractivity contribution in [3.8, 4) is 5.75 Å². The number of hydrogen-bond donors (Lipinski definition) is 3. The van der Waals surface area contributed by atoms with Gasteiger partial charge in [0.05, 0.1) is 32.7 Å². The second kappa shape index (κ2) is 19.9. The Morgan fingerprint density at radius 2 is 1.02 bits per heavy atom. The van der Waals surface area contributed by atoms with Crippen LogP contribution in [0, 0.1) is 0 Å². The molecular formula is C35H55N3O13. The van der Waals surface area contributed by atoms with Gasteiger partial charge < -0.3 is 34.3 Å². The molecule has 16 nitrogen and oxygen atoms in total. The van der Waals surface area contributed by atoms with E-state index in [9.17, 15) is 39.0 Å². The summed E-state index contributed by atoms with van der Waals surface area (Å²) in [5.74, 6) is -5.17. The summed E-state index contributed by atoms with van der Waals surface area (Å²) < 4.78 is 21.6. The van der Waals surface area contributed by atoms with Gasteiger partial charge in [-0.2, -0.15) is 0 Å². The van der Waals surface area contributed by atoms with Gasteiger partial charge in [0.2, 0.25) is 0 Å². The van der Waals surface area contributed by atoms with Gasteiger partial charge in [0.25, 0.3) is 0 Å². The maximum absolute atomic E-state index is 13.1. The van der Waals surface area contributed by atoms with E-state index in [2.05, 4.69) is 0 Å². The Morgan fingerprint density at radius 1 is 0.588 bits per heavy atom. The first-order chi connectivity index (χ1) is 23.3. The zero-order valence-electron chi connectivity index (χ0n) is 31.2. The fourth-order valence-corrected chi connectivity index (χ4v) is 4.81. The van der Waals surface area contributed by atoms with Gasteiger partial charge >= 0.3 is 35.8 Å². The van der Waals surface area contributed by atoms with Gasteiger partial charge in [-0.3, -0.25) is 38.7 Å². The number of carboxylic acids is 3. The smallest absolute Gasteiger partial charge is 0.341 e. The molecule has 3 N–H and O–H groups in total. The Balaban J connectivity index is 3.55. The lowest BCUT2D eigenvalue weighted by atomic mass is 10.0. The van der Waals surface area contributed by atoms with E-state index >= 15 is 0 Å². The van der Waals surface area contributed by atoms with Gasteiger partial charge in [0.1, 0.15) is 22.6 Å². The fraction of sp³-hybridized carbons (Fsp3) is 0.657. The Bertz CT molecular complexity index is 1330. The molecule has 0 radical (unpaired) electrons. The molecule has 0 aromatic heterocycles. The lowest BCUT2D eigenvalue weighted by Gasteiger charge is -2.35. The van der Waals surface area contributed by atoms with Crippen LogP contribution in [0.2, 0.25) is 0 Å². The third-order valence-corrected chi connectivity index (χ3v) is 6.47. The van der Waals surface area contributed by atoms with Crippen LogP contribution in [0.15, 0.2) is 24.3 Å². The van der Waals surface area contributed by atoms with Crippen LogP contribution in [0.3, 0.4) is 0 Å². The molecule has 288 valence electrons. The second-order valence-electron chi connectivity index (χ2n) is 15.1. The fourth-order valence-electron chi connectivity index (χ4n) is 4.81. The number of carbonyl (C=O) groups excluding carboxylic acids is 3. The third-order valence-electron chi connectivity index (χ3n) is 6.47. The molecule has 0 saturated carbocycles. The molecule has 51 heavy (non-hydrogen) atoms. The highest BCUT2D eigenvalue weighted by molar-refractivity contribution is 5.75. The number of benzene rings is 1. The summed E-state index contributed by atoms with van der Waals surface area (Å²) in [5, 5.41) is 28.3. The maximum Gasteiger partial charge on any atom is 0.341 e. The molecule has 1 aromatic carbocycles. The average molecular weight is 726 g/mol. The van der Waals surface area contributed by atoms with Crippen LogP contribution >= 0.6 is 0 Å². The van der Waals surface area contributed by atoms with Gasteiger partial charge in [-0.1, -0.05) is 12.1 Å². The van der Waals surface area contributed by atoms with Crippen molar-refractivity contribution in [2.75, 3.05) is 59.0 Å². The predicted molar refractivity (Wildman–Crippen MR) is 184 cm³/mol. The van der Waals surface area contributed by atoms with Gasteiger partial charge in [-0.15, -0.1) is 0 Å². The van der Waals surface area contributed by atoms with Crippen LogP contribution in [0.4, 0.5) is 0 Å². The standard InChI is InChI=1S/C35H55N3O13/c1-33(2,3)49-30(45)20-36(14-15-37(18-27(39)40)21-31(46)50-34(4,5)6)17-25(16-24-10-12-26(13-11-24)48-23-29(43)44)38(19-28(41)42)22-32(47)51-35(7,8)9/h10-13,25H,14-23H2,1-9H3,(H,39,40)(H,41,42)(H,43,44). The molecule has 0 spiro atoms. The highest BCUT2D eigenvalue weighted by atomic mass is 16.6. The molecule has 0 saturated heterocycles. The van der Waals surface area contributed by atoms with Crippen LogP contribution in [-0.4, -0.2) is 148 Å². The van der Waals surface area contributed by atoms with Crippen LogP contribution in [-0.2, 0) is 49.4 Å². The maximum atomic E-state index is 13.1.